The van der Waals surface area contributed by atoms with Crippen molar-refractivity contribution in [3.63, 3.8) is 0 Å². The first-order chi connectivity index (χ1) is 7.40. The second-order valence-corrected chi connectivity index (χ2v) is 5.50. The summed E-state index contributed by atoms with van der Waals surface area (Å²) >= 11 is 0. The molecule has 0 amide bonds. The minimum atomic E-state index is -0.297. The van der Waals surface area contributed by atoms with E-state index in [0.29, 0.717) is 5.92 Å². The van der Waals surface area contributed by atoms with Crippen molar-refractivity contribution >= 4 is 6.29 Å². The molecule has 1 saturated carbocycles. The predicted molar refractivity (Wildman–Crippen MR) is 65.2 cm³/mol. The highest BCUT2D eigenvalue weighted by molar-refractivity contribution is 5.59. The summed E-state index contributed by atoms with van der Waals surface area (Å²) in [6, 6.07) is -0.297. The van der Waals surface area contributed by atoms with Gasteiger partial charge in [-0.3, -0.25) is 0 Å². The van der Waals surface area contributed by atoms with Gasteiger partial charge in [-0.1, -0.05) is 20.8 Å². The molecule has 1 rings (SSSR count). The van der Waals surface area contributed by atoms with Crippen LogP contribution in [0.15, 0.2) is 11.9 Å². The Bertz CT molecular complexity index is 276. The molecule has 0 aromatic carbocycles. The molecule has 0 aromatic heterocycles. The van der Waals surface area contributed by atoms with Crippen molar-refractivity contribution in [1.82, 2.24) is 10.3 Å². The van der Waals surface area contributed by atoms with Crippen molar-refractivity contribution in [2.24, 2.45) is 17.2 Å². The Hall–Kier alpha value is -1.03. The number of allylic oxidation sites excluding steroid dienone is 1. The van der Waals surface area contributed by atoms with Gasteiger partial charge in [-0.2, -0.15) is 0 Å². The highest BCUT2D eigenvalue weighted by Gasteiger charge is 2.30. The summed E-state index contributed by atoms with van der Waals surface area (Å²) in [5, 5.41) is 4.67. The molecule has 4 heteroatoms. The first kappa shape index (κ1) is 13.0. The number of nitrogens with zero attached hydrogens (tertiary/aromatic N) is 1. The fourth-order valence-electron chi connectivity index (χ4n) is 1.73. The van der Waals surface area contributed by atoms with Crippen LogP contribution >= 0.6 is 0 Å². The second kappa shape index (κ2) is 4.87. The van der Waals surface area contributed by atoms with Crippen molar-refractivity contribution in [2.75, 3.05) is 7.05 Å². The van der Waals surface area contributed by atoms with E-state index in [1.807, 2.05) is 34.0 Å². The van der Waals surface area contributed by atoms with Crippen LogP contribution in [-0.2, 0) is 4.79 Å². The fraction of sp³-hybridized carbons (Fsp3) is 0.750. The molecule has 0 bridgehead atoms. The van der Waals surface area contributed by atoms with Crippen LogP contribution in [0.1, 0.15) is 33.6 Å². The van der Waals surface area contributed by atoms with Crippen molar-refractivity contribution in [1.29, 1.82) is 0 Å². The molecule has 1 aliphatic rings. The van der Waals surface area contributed by atoms with Gasteiger partial charge < -0.3 is 15.1 Å². The molecule has 0 aromatic rings. The smallest absolute Gasteiger partial charge is 0.144 e. The molecule has 16 heavy (non-hydrogen) atoms. The maximum atomic E-state index is 11.1. The quantitative estimate of drug-likeness (QED) is 0.420. The molecular formula is C12H23N3O. The van der Waals surface area contributed by atoms with Crippen molar-refractivity contribution in [3.05, 3.63) is 11.9 Å². The molecule has 92 valence electrons. The van der Waals surface area contributed by atoms with E-state index < -0.39 is 0 Å². The molecule has 4 nitrogen and oxygen atoms in total. The minimum absolute atomic E-state index is 0.157. The summed E-state index contributed by atoms with van der Waals surface area (Å²) in [6.07, 6.45) is 5.20. The maximum Gasteiger partial charge on any atom is 0.144 e. The van der Waals surface area contributed by atoms with Gasteiger partial charge in [0, 0.05) is 24.9 Å². The number of carbonyl (C=O) groups excluding carboxylic acids is 1. The maximum absolute atomic E-state index is 11.1. The van der Waals surface area contributed by atoms with Crippen LogP contribution in [0, 0.1) is 11.3 Å². The number of aldehydes is 1. The van der Waals surface area contributed by atoms with E-state index in [2.05, 4.69) is 5.32 Å². The van der Waals surface area contributed by atoms with E-state index in [9.17, 15) is 4.79 Å². The molecular weight excluding hydrogens is 202 g/mol. The number of hydrogen-bond acceptors (Lipinski definition) is 4. The number of rotatable bonds is 5. The van der Waals surface area contributed by atoms with E-state index in [4.69, 9.17) is 5.84 Å². The number of nitrogens with two attached hydrogens (primary N) is 1. The molecule has 3 N–H and O–H groups in total. The minimum Gasteiger partial charge on any atom is -0.390 e. The van der Waals surface area contributed by atoms with Gasteiger partial charge in [0.15, 0.2) is 0 Å². The average Bonchev–Trinajstić information content (AvgIpc) is 2.96. The second-order valence-electron chi connectivity index (χ2n) is 5.50. The van der Waals surface area contributed by atoms with Crippen LogP contribution in [0.3, 0.4) is 0 Å². The zero-order valence-corrected chi connectivity index (χ0v) is 10.7. The highest BCUT2D eigenvalue weighted by atomic mass is 16.1. The summed E-state index contributed by atoms with van der Waals surface area (Å²) in [5.74, 6) is 6.54. The Labute approximate surface area is 97.8 Å². The van der Waals surface area contributed by atoms with Gasteiger partial charge in [0.2, 0.25) is 0 Å². The lowest BCUT2D eigenvalue weighted by Crippen LogP contribution is -2.46. The summed E-state index contributed by atoms with van der Waals surface area (Å²) in [7, 11) is 1.89. The summed E-state index contributed by atoms with van der Waals surface area (Å²) in [5.41, 5.74) is 0.966. The molecule has 1 fully saturated rings. The van der Waals surface area contributed by atoms with E-state index in [1.165, 1.54) is 17.9 Å². The lowest BCUT2D eigenvalue weighted by atomic mass is 9.87. The highest BCUT2D eigenvalue weighted by Crippen LogP contribution is 2.35. The molecule has 1 unspecified atom stereocenters. The predicted octanol–water partition coefficient (Wildman–Crippen LogP) is 1.25. The normalized spacial score (nSPS) is 19.2. The van der Waals surface area contributed by atoms with Gasteiger partial charge in [0.1, 0.15) is 12.3 Å². The monoisotopic (exact) mass is 225 g/mol. The van der Waals surface area contributed by atoms with Crippen molar-refractivity contribution < 1.29 is 4.79 Å². The largest absolute Gasteiger partial charge is 0.390 e. The molecule has 0 spiro atoms. The van der Waals surface area contributed by atoms with Crippen LogP contribution in [0.5, 0.6) is 0 Å². The fourth-order valence-corrected chi connectivity index (χ4v) is 1.73. The number of hydrazine groups is 1. The van der Waals surface area contributed by atoms with Crippen molar-refractivity contribution in [3.8, 4) is 0 Å². The Morgan fingerprint density at radius 3 is 2.38 bits per heavy atom. The van der Waals surface area contributed by atoms with Gasteiger partial charge in [-0.05, 0) is 18.3 Å². The Morgan fingerprint density at radius 1 is 1.50 bits per heavy atom. The Morgan fingerprint density at radius 2 is 2.06 bits per heavy atom. The zero-order valence-electron chi connectivity index (χ0n) is 10.7. The SMILES string of the molecule is CN/C(=C\N(N)C(C=O)C(C)(C)C)C1CC1. The van der Waals surface area contributed by atoms with Crippen LogP contribution < -0.4 is 11.2 Å². The van der Waals surface area contributed by atoms with Crippen LogP contribution in [-0.4, -0.2) is 24.4 Å². The van der Waals surface area contributed by atoms with Gasteiger partial charge in [0.25, 0.3) is 0 Å². The topological polar surface area (TPSA) is 58.4 Å². The molecule has 0 aliphatic heterocycles. The zero-order chi connectivity index (χ0) is 12.3. The van der Waals surface area contributed by atoms with Crippen LogP contribution in [0.4, 0.5) is 0 Å². The number of nitrogens with one attached hydrogen (secondary N) is 1. The first-order valence-corrected chi connectivity index (χ1v) is 5.78. The van der Waals surface area contributed by atoms with Gasteiger partial charge in [-0.15, -0.1) is 0 Å². The summed E-state index contributed by atoms with van der Waals surface area (Å²) in [4.78, 5) is 11.1. The molecule has 0 radical (unpaired) electrons. The van der Waals surface area contributed by atoms with E-state index in [1.54, 1.807) is 0 Å². The third-order valence-electron chi connectivity index (χ3n) is 2.93. The molecule has 0 saturated heterocycles. The van der Waals surface area contributed by atoms with E-state index in [0.717, 1.165) is 12.0 Å². The Kier molecular flexibility index (Phi) is 3.97. The standard InChI is InChI=1S/C12H23N3O/c1-12(2,3)11(8-16)15(13)7-10(14-4)9-5-6-9/h7-9,11,14H,5-6,13H2,1-4H3/b10-7-. The van der Waals surface area contributed by atoms with E-state index in [-0.39, 0.29) is 11.5 Å². The molecule has 1 atom stereocenters. The van der Waals surface area contributed by atoms with Gasteiger partial charge in [0.05, 0.1) is 0 Å². The third-order valence-corrected chi connectivity index (χ3v) is 2.93. The van der Waals surface area contributed by atoms with Crippen LogP contribution in [0.2, 0.25) is 0 Å². The van der Waals surface area contributed by atoms with Gasteiger partial charge in [-0.25, -0.2) is 5.84 Å². The summed E-state index contributed by atoms with van der Waals surface area (Å²) in [6.45, 7) is 6.03. The Balaban J connectivity index is 2.74. The number of hydrogen-bond donors (Lipinski definition) is 2. The molecule has 1 aliphatic carbocycles. The lowest BCUT2D eigenvalue weighted by Gasteiger charge is -2.33. The third kappa shape index (κ3) is 3.23. The van der Waals surface area contributed by atoms with Gasteiger partial charge >= 0.3 is 0 Å². The van der Waals surface area contributed by atoms with Crippen LogP contribution in [0.25, 0.3) is 0 Å². The number of carbonyl (C=O) groups is 1. The summed E-state index contributed by atoms with van der Waals surface area (Å²) < 4.78 is 0. The molecule has 0 heterocycles. The average molecular weight is 225 g/mol. The lowest BCUT2D eigenvalue weighted by molar-refractivity contribution is -0.114. The van der Waals surface area contributed by atoms with E-state index >= 15 is 0 Å². The first-order valence-electron chi connectivity index (χ1n) is 5.78. The van der Waals surface area contributed by atoms with Crippen molar-refractivity contribution in [2.45, 2.75) is 39.7 Å².